The molecule has 2 bridgehead atoms. The van der Waals surface area contributed by atoms with Crippen molar-refractivity contribution in [3.8, 4) is 0 Å². The summed E-state index contributed by atoms with van der Waals surface area (Å²) in [6.45, 7) is 11.8. The molecule has 0 saturated heterocycles. The Morgan fingerprint density at radius 3 is 2.67 bits per heavy atom. The van der Waals surface area contributed by atoms with Crippen molar-refractivity contribution < 1.29 is 0 Å². The topological polar surface area (TPSA) is 15.3 Å². The van der Waals surface area contributed by atoms with Crippen LogP contribution in [-0.2, 0) is 0 Å². The quantitative estimate of drug-likeness (QED) is 0.699. The monoisotopic (exact) mass is 250 g/mol. The van der Waals surface area contributed by atoms with Crippen molar-refractivity contribution >= 4 is 0 Å². The molecule has 2 nitrogen and oxygen atoms in total. The Balaban J connectivity index is 1.65. The van der Waals surface area contributed by atoms with Crippen LogP contribution in [0.5, 0.6) is 0 Å². The first-order valence-corrected chi connectivity index (χ1v) is 7.63. The normalized spacial score (nSPS) is 30.6. The van der Waals surface area contributed by atoms with Crippen molar-refractivity contribution in [2.24, 2.45) is 17.8 Å². The molecular weight excluding hydrogens is 220 g/mol. The smallest absolute Gasteiger partial charge is 0.0199 e. The largest absolute Gasteiger partial charge is 0.311 e. The van der Waals surface area contributed by atoms with Gasteiger partial charge in [0.25, 0.3) is 0 Å². The average Bonchev–Trinajstić information content (AvgIpc) is 2.87. The van der Waals surface area contributed by atoms with E-state index in [1.807, 2.05) is 0 Å². The minimum Gasteiger partial charge on any atom is -0.311 e. The Morgan fingerprint density at radius 1 is 1.33 bits per heavy atom. The van der Waals surface area contributed by atoms with Crippen LogP contribution >= 0.6 is 0 Å². The highest BCUT2D eigenvalue weighted by Crippen LogP contribution is 2.48. The van der Waals surface area contributed by atoms with Crippen LogP contribution < -0.4 is 5.32 Å². The fourth-order valence-corrected chi connectivity index (χ4v) is 3.85. The molecule has 2 rings (SSSR count). The summed E-state index contributed by atoms with van der Waals surface area (Å²) in [4.78, 5) is 2.48. The van der Waals surface area contributed by atoms with Crippen molar-refractivity contribution in [2.75, 3.05) is 26.7 Å². The van der Waals surface area contributed by atoms with E-state index in [1.54, 1.807) is 0 Å². The van der Waals surface area contributed by atoms with E-state index in [-0.39, 0.29) is 0 Å². The molecule has 1 N–H and O–H groups in total. The summed E-state index contributed by atoms with van der Waals surface area (Å²) in [5.41, 5.74) is 1.31. The number of fused-ring (bicyclic) bond motifs is 2. The van der Waals surface area contributed by atoms with Crippen molar-refractivity contribution in [1.29, 1.82) is 0 Å². The highest BCUT2D eigenvalue weighted by Gasteiger charge is 2.39. The van der Waals surface area contributed by atoms with Crippen molar-refractivity contribution in [2.45, 2.75) is 45.6 Å². The third kappa shape index (κ3) is 3.83. The van der Waals surface area contributed by atoms with Gasteiger partial charge in [-0.15, -0.1) is 0 Å². The maximum atomic E-state index is 4.18. The van der Waals surface area contributed by atoms with Crippen LogP contribution in [0, 0.1) is 17.8 Å². The van der Waals surface area contributed by atoms with Crippen LogP contribution in [0.2, 0.25) is 0 Å². The van der Waals surface area contributed by atoms with Crippen LogP contribution in [-0.4, -0.2) is 37.6 Å². The van der Waals surface area contributed by atoms with Crippen LogP contribution in [0.4, 0.5) is 0 Å². The molecule has 2 aliphatic rings. The average molecular weight is 250 g/mol. The molecule has 104 valence electrons. The summed E-state index contributed by atoms with van der Waals surface area (Å²) in [5, 5.41) is 3.45. The highest BCUT2D eigenvalue weighted by molar-refractivity contribution is 5.00. The van der Waals surface area contributed by atoms with Gasteiger partial charge in [0.2, 0.25) is 0 Å². The van der Waals surface area contributed by atoms with E-state index in [0.717, 1.165) is 30.8 Å². The second-order valence-corrected chi connectivity index (χ2v) is 6.92. The van der Waals surface area contributed by atoms with Crippen LogP contribution in [0.25, 0.3) is 0 Å². The Hall–Kier alpha value is -0.340. The fourth-order valence-electron chi connectivity index (χ4n) is 3.85. The number of rotatable bonds is 7. The molecule has 3 unspecified atom stereocenters. The number of nitrogens with one attached hydrogen (secondary N) is 1. The molecule has 0 aromatic rings. The lowest BCUT2D eigenvalue weighted by molar-refractivity contribution is 0.229. The summed E-state index contributed by atoms with van der Waals surface area (Å²) < 4.78 is 0. The second kappa shape index (κ2) is 6.21. The molecule has 0 spiro atoms. The van der Waals surface area contributed by atoms with E-state index < -0.39 is 0 Å². The predicted molar refractivity (Wildman–Crippen MR) is 78.7 cm³/mol. The van der Waals surface area contributed by atoms with Crippen molar-refractivity contribution in [3.05, 3.63) is 12.2 Å². The minimum absolute atomic E-state index is 0.553. The minimum atomic E-state index is 0.553. The van der Waals surface area contributed by atoms with Gasteiger partial charge < -0.3 is 10.2 Å². The Morgan fingerprint density at radius 2 is 2.11 bits per heavy atom. The van der Waals surface area contributed by atoms with E-state index >= 15 is 0 Å². The highest BCUT2D eigenvalue weighted by atomic mass is 15.1. The molecule has 2 heteroatoms. The molecule has 3 atom stereocenters. The van der Waals surface area contributed by atoms with Crippen LogP contribution in [0.3, 0.4) is 0 Å². The molecule has 0 aromatic heterocycles. The van der Waals surface area contributed by atoms with Gasteiger partial charge >= 0.3 is 0 Å². The molecule has 2 aliphatic carbocycles. The molecule has 18 heavy (non-hydrogen) atoms. The van der Waals surface area contributed by atoms with E-state index in [1.165, 1.54) is 37.8 Å². The third-order valence-electron chi connectivity index (χ3n) is 4.68. The molecule has 2 fully saturated rings. The molecule has 0 aromatic carbocycles. The Bertz CT molecular complexity index is 285. The van der Waals surface area contributed by atoms with Crippen LogP contribution in [0.1, 0.15) is 39.5 Å². The van der Waals surface area contributed by atoms with Crippen LogP contribution in [0.15, 0.2) is 12.2 Å². The Labute approximate surface area is 113 Å². The maximum Gasteiger partial charge on any atom is 0.0199 e. The zero-order valence-corrected chi connectivity index (χ0v) is 12.4. The second-order valence-electron chi connectivity index (χ2n) is 6.92. The predicted octanol–water partition coefficient (Wildman–Crippen LogP) is 2.91. The molecular formula is C16H30N2. The zero-order chi connectivity index (χ0) is 13.1. The van der Waals surface area contributed by atoms with Gasteiger partial charge in [-0.25, -0.2) is 0 Å². The number of nitrogens with zero attached hydrogens (tertiary/aromatic N) is 1. The lowest BCUT2D eigenvalue weighted by Crippen LogP contribution is -2.33. The summed E-state index contributed by atoms with van der Waals surface area (Å²) in [6.07, 6.45) is 6.02. The third-order valence-corrected chi connectivity index (χ3v) is 4.68. The summed E-state index contributed by atoms with van der Waals surface area (Å²) in [7, 11) is 2.26. The first-order chi connectivity index (χ1) is 8.54. The lowest BCUT2D eigenvalue weighted by Gasteiger charge is -2.27. The van der Waals surface area contributed by atoms with Gasteiger partial charge in [0.1, 0.15) is 0 Å². The molecule has 0 heterocycles. The molecule has 0 amide bonds. The standard InChI is InChI=1S/C16H30N2/c1-12(2)17-9-13(3)10-18(4)11-16-8-14-5-6-15(16)7-14/h12,14-17H,3,5-11H2,1-2,4H3. The molecule has 0 radical (unpaired) electrons. The van der Waals surface area contributed by atoms with E-state index in [2.05, 4.69) is 37.7 Å². The van der Waals surface area contributed by atoms with Gasteiger partial charge in [0.05, 0.1) is 0 Å². The molecule has 0 aliphatic heterocycles. The van der Waals surface area contributed by atoms with Crippen molar-refractivity contribution in [1.82, 2.24) is 10.2 Å². The van der Waals surface area contributed by atoms with E-state index in [0.29, 0.717) is 6.04 Å². The van der Waals surface area contributed by atoms with Gasteiger partial charge in [-0.1, -0.05) is 26.8 Å². The Kier molecular flexibility index (Phi) is 4.85. The van der Waals surface area contributed by atoms with Gasteiger partial charge in [0, 0.05) is 25.7 Å². The summed E-state index contributed by atoms with van der Waals surface area (Å²) >= 11 is 0. The first-order valence-electron chi connectivity index (χ1n) is 7.63. The fraction of sp³-hybridized carbons (Fsp3) is 0.875. The van der Waals surface area contributed by atoms with Gasteiger partial charge in [-0.2, -0.15) is 0 Å². The lowest BCUT2D eigenvalue weighted by atomic mass is 9.88. The summed E-state index contributed by atoms with van der Waals surface area (Å²) in [6, 6.07) is 0.553. The van der Waals surface area contributed by atoms with E-state index in [4.69, 9.17) is 0 Å². The summed E-state index contributed by atoms with van der Waals surface area (Å²) in [5.74, 6) is 3.08. The SMILES string of the molecule is C=C(CNC(C)C)CN(C)CC1CC2CCC1C2. The molecule has 2 saturated carbocycles. The van der Waals surface area contributed by atoms with Gasteiger partial charge in [-0.3, -0.25) is 0 Å². The van der Waals surface area contributed by atoms with Gasteiger partial charge in [-0.05, 0) is 49.6 Å². The maximum absolute atomic E-state index is 4.18. The zero-order valence-electron chi connectivity index (χ0n) is 12.4. The van der Waals surface area contributed by atoms with E-state index in [9.17, 15) is 0 Å². The first kappa shape index (κ1) is 14.1. The number of hydrogen-bond donors (Lipinski definition) is 1. The number of likely N-dealkylation sites (N-methyl/N-ethyl adjacent to an activating group) is 1. The van der Waals surface area contributed by atoms with Crippen molar-refractivity contribution in [3.63, 3.8) is 0 Å². The van der Waals surface area contributed by atoms with Gasteiger partial charge in [0.15, 0.2) is 0 Å². The number of hydrogen-bond acceptors (Lipinski definition) is 2.